The maximum Gasteiger partial charge on any atom is 0.137 e. The van der Waals surface area contributed by atoms with Gasteiger partial charge in [0.15, 0.2) is 0 Å². The van der Waals surface area contributed by atoms with E-state index in [2.05, 4.69) is 37.7 Å². The van der Waals surface area contributed by atoms with Crippen LogP contribution < -0.4 is 0 Å². The maximum atomic E-state index is 12.1. The molecule has 2 unspecified atom stereocenters. The molecule has 19 heavy (non-hydrogen) atoms. The lowest BCUT2D eigenvalue weighted by atomic mass is 9.71. The Morgan fingerprint density at radius 1 is 1.37 bits per heavy atom. The van der Waals surface area contributed by atoms with E-state index < -0.39 is 0 Å². The number of Topliss-reactive ketones (excluding diaryl/α,β-unsaturated/α-hetero) is 1. The van der Waals surface area contributed by atoms with E-state index in [1.54, 1.807) is 0 Å². The predicted octanol–water partition coefficient (Wildman–Crippen LogP) is 2.41. The van der Waals surface area contributed by atoms with E-state index in [9.17, 15) is 4.79 Å². The van der Waals surface area contributed by atoms with Crippen LogP contribution in [0.1, 0.15) is 46.0 Å². The van der Waals surface area contributed by atoms with Gasteiger partial charge in [-0.25, -0.2) is 0 Å². The highest BCUT2D eigenvalue weighted by Gasteiger charge is 2.35. The molecule has 2 rings (SSSR count). The van der Waals surface area contributed by atoms with Crippen molar-refractivity contribution >= 4 is 5.78 Å². The Balaban J connectivity index is 1.90. The van der Waals surface area contributed by atoms with Crippen molar-refractivity contribution in [2.24, 2.45) is 11.3 Å². The van der Waals surface area contributed by atoms with Crippen LogP contribution >= 0.6 is 0 Å². The monoisotopic (exact) mass is 266 g/mol. The first-order chi connectivity index (χ1) is 8.87. The molecule has 0 bridgehead atoms. The molecule has 1 saturated heterocycles. The van der Waals surface area contributed by atoms with Gasteiger partial charge in [0.2, 0.25) is 0 Å². The normalized spacial score (nSPS) is 32.8. The van der Waals surface area contributed by atoms with Crippen LogP contribution in [0.5, 0.6) is 0 Å². The fourth-order valence-corrected chi connectivity index (χ4v) is 3.65. The number of nitrogens with zero attached hydrogens (tertiary/aromatic N) is 2. The number of ketones is 1. The largest absolute Gasteiger partial charge is 0.305 e. The molecule has 110 valence electrons. The summed E-state index contributed by atoms with van der Waals surface area (Å²) in [6.45, 7) is 7.93. The van der Waals surface area contributed by atoms with Gasteiger partial charge in [-0.2, -0.15) is 0 Å². The van der Waals surface area contributed by atoms with Gasteiger partial charge < -0.3 is 9.80 Å². The molecule has 0 aromatic carbocycles. The zero-order valence-electron chi connectivity index (χ0n) is 13.1. The van der Waals surface area contributed by atoms with Gasteiger partial charge in [0.05, 0.1) is 0 Å². The molecule has 0 radical (unpaired) electrons. The smallest absolute Gasteiger partial charge is 0.137 e. The van der Waals surface area contributed by atoms with Gasteiger partial charge in [0.1, 0.15) is 5.78 Å². The summed E-state index contributed by atoms with van der Waals surface area (Å²) < 4.78 is 0. The first kappa shape index (κ1) is 15.0. The van der Waals surface area contributed by atoms with Crippen LogP contribution in [0.25, 0.3) is 0 Å². The average molecular weight is 266 g/mol. The van der Waals surface area contributed by atoms with E-state index in [1.165, 1.54) is 19.4 Å². The van der Waals surface area contributed by atoms with E-state index in [1.807, 2.05) is 0 Å². The molecule has 0 aromatic rings. The summed E-state index contributed by atoms with van der Waals surface area (Å²) in [5.74, 6) is 0.788. The third-order valence-electron chi connectivity index (χ3n) is 4.99. The van der Waals surface area contributed by atoms with Crippen molar-refractivity contribution in [3.8, 4) is 0 Å². The molecule has 2 atom stereocenters. The number of likely N-dealkylation sites (tertiary alicyclic amines) is 1. The Bertz CT molecular complexity index is 325. The Labute approximate surface area is 118 Å². The summed E-state index contributed by atoms with van der Waals surface area (Å²) in [5.41, 5.74) is 0.356. The highest BCUT2D eigenvalue weighted by molar-refractivity contribution is 5.82. The summed E-state index contributed by atoms with van der Waals surface area (Å²) in [7, 11) is 4.34. The standard InChI is InChI=1S/C16H30N2O/c1-16(2)8-7-15(19)13(10-16)11-18-9-5-6-14(12-18)17(3)4/h13-14H,5-12H2,1-4H3. The van der Waals surface area contributed by atoms with E-state index in [0.29, 0.717) is 17.2 Å². The van der Waals surface area contributed by atoms with E-state index in [-0.39, 0.29) is 5.92 Å². The first-order valence-corrected chi connectivity index (χ1v) is 7.79. The van der Waals surface area contributed by atoms with E-state index in [0.717, 1.165) is 32.4 Å². The maximum absolute atomic E-state index is 12.1. The van der Waals surface area contributed by atoms with Gasteiger partial charge in [0.25, 0.3) is 0 Å². The number of carbonyl (C=O) groups is 1. The molecule has 1 heterocycles. The van der Waals surface area contributed by atoms with Crippen LogP contribution in [-0.4, -0.2) is 55.4 Å². The Hall–Kier alpha value is -0.410. The van der Waals surface area contributed by atoms with Crippen molar-refractivity contribution < 1.29 is 4.79 Å². The zero-order valence-corrected chi connectivity index (χ0v) is 13.1. The van der Waals surface area contributed by atoms with E-state index >= 15 is 0 Å². The SMILES string of the molecule is CN(C)C1CCCN(CC2CC(C)(C)CCC2=O)C1. The molecular formula is C16H30N2O. The van der Waals surface area contributed by atoms with Gasteiger partial charge in [-0.05, 0) is 51.7 Å². The second kappa shape index (κ2) is 5.92. The summed E-state index contributed by atoms with van der Waals surface area (Å²) in [4.78, 5) is 17.0. The van der Waals surface area contributed by atoms with Crippen molar-refractivity contribution in [1.82, 2.24) is 9.80 Å². The summed E-state index contributed by atoms with van der Waals surface area (Å²) in [6.07, 6.45) is 5.51. The van der Waals surface area contributed by atoms with Gasteiger partial charge >= 0.3 is 0 Å². The number of rotatable bonds is 3. The Morgan fingerprint density at radius 3 is 2.79 bits per heavy atom. The quantitative estimate of drug-likeness (QED) is 0.784. The Morgan fingerprint density at radius 2 is 2.11 bits per heavy atom. The van der Waals surface area contributed by atoms with Crippen LogP contribution in [0.4, 0.5) is 0 Å². The average Bonchev–Trinajstić information content (AvgIpc) is 2.34. The molecule has 2 aliphatic rings. The zero-order chi connectivity index (χ0) is 14.0. The highest BCUT2D eigenvalue weighted by atomic mass is 16.1. The summed E-state index contributed by atoms with van der Waals surface area (Å²) in [6, 6.07) is 0.667. The minimum atomic E-state index is 0.282. The molecule has 3 heteroatoms. The predicted molar refractivity (Wildman–Crippen MR) is 79.3 cm³/mol. The number of carbonyl (C=O) groups excluding carboxylic acids is 1. The summed E-state index contributed by atoms with van der Waals surface area (Å²) in [5, 5.41) is 0. The molecule has 2 fully saturated rings. The molecule has 1 aliphatic heterocycles. The lowest BCUT2D eigenvalue weighted by molar-refractivity contribution is -0.128. The van der Waals surface area contributed by atoms with Gasteiger partial charge in [-0.1, -0.05) is 13.8 Å². The fraction of sp³-hybridized carbons (Fsp3) is 0.938. The van der Waals surface area contributed by atoms with Gasteiger partial charge in [0, 0.05) is 31.5 Å². The molecular weight excluding hydrogens is 236 g/mol. The van der Waals surface area contributed by atoms with Crippen LogP contribution in [-0.2, 0) is 4.79 Å². The summed E-state index contributed by atoms with van der Waals surface area (Å²) >= 11 is 0. The third kappa shape index (κ3) is 4.03. The number of likely N-dealkylation sites (N-methyl/N-ethyl adjacent to an activating group) is 1. The molecule has 0 spiro atoms. The van der Waals surface area contributed by atoms with Crippen molar-refractivity contribution in [1.29, 1.82) is 0 Å². The second-order valence-corrected chi connectivity index (χ2v) is 7.55. The van der Waals surface area contributed by atoms with Crippen LogP contribution in [0, 0.1) is 11.3 Å². The minimum Gasteiger partial charge on any atom is -0.305 e. The second-order valence-electron chi connectivity index (χ2n) is 7.55. The molecule has 0 aromatic heterocycles. The molecule has 0 N–H and O–H groups in total. The lowest BCUT2D eigenvalue weighted by Gasteiger charge is -2.40. The Kier molecular flexibility index (Phi) is 4.67. The number of piperidine rings is 1. The van der Waals surface area contributed by atoms with Gasteiger partial charge in [-0.15, -0.1) is 0 Å². The minimum absolute atomic E-state index is 0.282. The first-order valence-electron chi connectivity index (χ1n) is 7.79. The van der Waals surface area contributed by atoms with Crippen LogP contribution in [0.2, 0.25) is 0 Å². The van der Waals surface area contributed by atoms with Crippen molar-refractivity contribution in [2.75, 3.05) is 33.7 Å². The third-order valence-corrected chi connectivity index (χ3v) is 4.99. The van der Waals surface area contributed by atoms with Crippen molar-refractivity contribution in [2.45, 2.75) is 52.0 Å². The fourth-order valence-electron chi connectivity index (χ4n) is 3.65. The van der Waals surface area contributed by atoms with Crippen molar-refractivity contribution in [3.05, 3.63) is 0 Å². The number of hydrogen-bond donors (Lipinski definition) is 0. The van der Waals surface area contributed by atoms with Gasteiger partial charge in [-0.3, -0.25) is 4.79 Å². The van der Waals surface area contributed by atoms with Crippen molar-refractivity contribution in [3.63, 3.8) is 0 Å². The molecule has 1 aliphatic carbocycles. The van der Waals surface area contributed by atoms with Crippen LogP contribution in [0.15, 0.2) is 0 Å². The van der Waals surface area contributed by atoms with E-state index in [4.69, 9.17) is 0 Å². The van der Waals surface area contributed by atoms with Crippen LogP contribution in [0.3, 0.4) is 0 Å². The molecule has 1 saturated carbocycles. The topological polar surface area (TPSA) is 23.6 Å². The highest BCUT2D eigenvalue weighted by Crippen LogP contribution is 2.37. The molecule has 0 amide bonds. The molecule has 3 nitrogen and oxygen atoms in total. The number of hydrogen-bond acceptors (Lipinski definition) is 3. The lowest BCUT2D eigenvalue weighted by Crippen LogP contribution is -2.48.